The highest BCUT2D eigenvalue weighted by atomic mass is 79.9. The molecular weight excluding hydrogens is 498 g/mol. The van der Waals surface area contributed by atoms with Crippen LogP contribution in [0.1, 0.15) is 18.4 Å². The molecule has 0 saturated heterocycles. The van der Waals surface area contributed by atoms with Gasteiger partial charge in [0, 0.05) is 22.8 Å². The number of benzene rings is 2. The number of aromatic nitrogens is 2. The van der Waals surface area contributed by atoms with Crippen LogP contribution >= 0.6 is 15.9 Å². The first kappa shape index (κ1) is 21.9. The summed E-state index contributed by atoms with van der Waals surface area (Å²) in [5, 5.41) is 6.55. The quantitative estimate of drug-likeness (QED) is 0.453. The summed E-state index contributed by atoms with van der Waals surface area (Å²) in [6.07, 6.45) is 5.83. The van der Waals surface area contributed by atoms with Gasteiger partial charge in [0.2, 0.25) is 5.95 Å². The molecule has 1 heterocycles. The van der Waals surface area contributed by atoms with E-state index in [9.17, 15) is 8.42 Å². The Labute approximate surface area is 193 Å². The Morgan fingerprint density at radius 1 is 1.13 bits per heavy atom. The molecule has 2 N–H and O–H groups in total. The highest BCUT2D eigenvalue weighted by Gasteiger charge is 2.22. The van der Waals surface area contributed by atoms with E-state index in [1.165, 1.54) is 0 Å². The van der Waals surface area contributed by atoms with Gasteiger partial charge < -0.3 is 10.6 Å². The largest absolute Gasteiger partial charge is 0.366 e. The van der Waals surface area contributed by atoms with E-state index in [0.717, 1.165) is 33.7 Å². The van der Waals surface area contributed by atoms with Gasteiger partial charge >= 0.3 is 0 Å². The molecule has 162 valence electrons. The van der Waals surface area contributed by atoms with Crippen molar-refractivity contribution >= 4 is 54.1 Å². The molecule has 0 radical (unpaired) electrons. The number of aryl methyl sites for hydroxylation is 1. The average molecular weight is 520 g/mol. The molecule has 0 spiro atoms. The van der Waals surface area contributed by atoms with Crippen molar-refractivity contribution in [3.8, 4) is 0 Å². The van der Waals surface area contributed by atoms with E-state index in [-0.39, 0.29) is 4.90 Å². The first-order chi connectivity index (χ1) is 14.8. The van der Waals surface area contributed by atoms with Gasteiger partial charge in [-0.3, -0.25) is 0 Å². The molecule has 1 aromatic heterocycles. The second-order valence-corrected chi connectivity index (χ2v) is 11.5. The van der Waals surface area contributed by atoms with E-state index >= 15 is 0 Å². The lowest BCUT2D eigenvalue weighted by molar-refractivity contribution is 0.598. The van der Waals surface area contributed by atoms with E-state index in [4.69, 9.17) is 0 Å². The zero-order chi connectivity index (χ0) is 22.0. The molecule has 4 rings (SSSR count). The maximum Gasteiger partial charge on any atom is 0.288 e. The number of anilines is 3. The molecule has 0 amide bonds. The number of halogens is 1. The monoisotopic (exact) mass is 519 g/mol. The zero-order valence-corrected chi connectivity index (χ0v) is 20.3. The number of rotatable bonds is 7. The maximum absolute atomic E-state index is 12.7. The van der Waals surface area contributed by atoms with E-state index in [2.05, 4.69) is 40.3 Å². The molecule has 2 aromatic carbocycles. The Bertz CT molecular complexity index is 1240. The van der Waals surface area contributed by atoms with Crippen LogP contribution in [0, 0.1) is 6.92 Å². The van der Waals surface area contributed by atoms with Crippen LogP contribution in [0.2, 0.25) is 0 Å². The van der Waals surface area contributed by atoms with Crippen molar-refractivity contribution in [2.75, 3.05) is 16.9 Å². The van der Waals surface area contributed by atoms with Crippen molar-refractivity contribution in [1.82, 2.24) is 9.97 Å². The van der Waals surface area contributed by atoms with Crippen LogP contribution in [0.3, 0.4) is 0 Å². The van der Waals surface area contributed by atoms with Gasteiger partial charge in [0.05, 0.1) is 9.37 Å². The molecule has 10 heteroatoms. The van der Waals surface area contributed by atoms with E-state index in [0.29, 0.717) is 17.6 Å². The lowest BCUT2D eigenvalue weighted by atomic mass is 10.2. The summed E-state index contributed by atoms with van der Waals surface area (Å²) in [5.41, 5.74) is 1.50. The summed E-state index contributed by atoms with van der Waals surface area (Å²) in [6.45, 7) is 1.77. The zero-order valence-electron chi connectivity index (χ0n) is 17.0. The molecule has 1 atom stereocenters. The standard InChI is InChI=1S/C21H22BrN5O2S2/c1-14-5-3-4-6-19(14)31(28,29)27-30(2)17-11-9-16(10-12-17)25-21-23-13-18(22)20(26-21)24-15-7-8-15/h3-6,9-13,15H,7-8H2,1-2H3,(H2,23,24,25,26). The highest BCUT2D eigenvalue weighted by Crippen LogP contribution is 2.29. The van der Waals surface area contributed by atoms with Crippen LogP contribution in [-0.4, -0.2) is 30.7 Å². The molecule has 1 aliphatic rings. The predicted molar refractivity (Wildman–Crippen MR) is 128 cm³/mol. The minimum Gasteiger partial charge on any atom is -0.366 e. The molecule has 1 aliphatic carbocycles. The second kappa shape index (κ2) is 9.05. The maximum atomic E-state index is 12.7. The molecule has 0 bridgehead atoms. The van der Waals surface area contributed by atoms with Crippen molar-refractivity contribution < 1.29 is 8.42 Å². The van der Waals surface area contributed by atoms with Gasteiger partial charge in [0.1, 0.15) is 5.82 Å². The summed E-state index contributed by atoms with van der Waals surface area (Å²) >= 11 is 3.47. The first-order valence-electron chi connectivity index (χ1n) is 9.68. The van der Waals surface area contributed by atoms with Crippen molar-refractivity contribution in [3.63, 3.8) is 0 Å². The van der Waals surface area contributed by atoms with Gasteiger partial charge in [-0.2, -0.15) is 13.4 Å². The van der Waals surface area contributed by atoms with Gasteiger partial charge in [0.15, 0.2) is 0 Å². The molecule has 1 fully saturated rings. The third-order valence-corrected chi connectivity index (χ3v) is 8.92. The lowest BCUT2D eigenvalue weighted by Gasteiger charge is -2.10. The number of sulfonamides is 1. The van der Waals surface area contributed by atoms with Crippen molar-refractivity contribution in [3.05, 3.63) is 64.8 Å². The highest BCUT2D eigenvalue weighted by molar-refractivity contribution is 9.10. The molecule has 0 aliphatic heterocycles. The molecule has 3 aromatic rings. The van der Waals surface area contributed by atoms with Crippen LogP contribution in [0.5, 0.6) is 0 Å². The van der Waals surface area contributed by atoms with Crippen molar-refractivity contribution in [2.24, 2.45) is 3.77 Å². The van der Waals surface area contributed by atoms with Crippen molar-refractivity contribution in [2.45, 2.75) is 35.6 Å². The number of nitrogens with one attached hydrogen (secondary N) is 2. The third-order valence-electron chi connectivity index (χ3n) is 4.70. The van der Waals surface area contributed by atoms with Gasteiger partial charge in [-0.05, 0) is 77.8 Å². The van der Waals surface area contributed by atoms with Crippen LogP contribution in [0.25, 0.3) is 0 Å². The molecule has 31 heavy (non-hydrogen) atoms. The summed E-state index contributed by atoms with van der Waals surface area (Å²) < 4.78 is 30.3. The Hall–Kier alpha value is -2.30. The minimum atomic E-state index is -3.72. The van der Waals surface area contributed by atoms with Crippen LogP contribution in [-0.2, 0) is 20.7 Å². The van der Waals surface area contributed by atoms with E-state index in [1.54, 1.807) is 37.6 Å². The molecular formula is C21H22BrN5O2S2. The smallest absolute Gasteiger partial charge is 0.288 e. The lowest BCUT2D eigenvalue weighted by Crippen LogP contribution is -2.06. The Kier molecular flexibility index (Phi) is 6.40. The van der Waals surface area contributed by atoms with Gasteiger partial charge in [-0.15, -0.1) is 3.77 Å². The molecule has 1 unspecified atom stereocenters. The first-order valence-corrected chi connectivity index (χ1v) is 13.5. The average Bonchev–Trinajstić information content (AvgIpc) is 3.55. The topological polar surface area (TPSA) is 96.3 Å². The third kappa shape index (κ3) is 5.50. The summed E-state index contributed by atoms with van der Waals surface area (Å²) in [4.78, 5) is 9.90. The fourth-order valence-electron chi connectivity index (χ4n) is 2.89. The predicted octanol–water partition coefficient (Wildman–Crippen LogP) is 5.04. The van der Waals surface area contributed by atoms with Crippen LogP contribution in [0.15, 0.2) is 72.8 Å². The Balaban J connectivity index is 1.50. The number of hydrogen-bond acceptors (Lipinski definition) is 6. The Morgan fingerprint density at radius 2 is 1.84 bits per heavy atom. The number of hydrogen-bond donors (Lipinski definition) is 2. The molecule has 7 nitrogen and oxygen atoms in total. The summed E-state index contributed by atoms with van der Waals surface area (Å²) in [5.74, 6) is 1.26. The van der Waals surface area contributed by atoms with Gasteiger partial charge in [0.25, 0.3) is 10.0 Å². The van der Waals surface area contributed by atoms with Crippen LogP contribution in [0.4, 0.5) is 17.5 Å². The number of nitrogens with zero attached hydrogens (tertiary/aromatic N) is 3. The summed E-state index contributed by atoms with van der Waals surface area (Å²) in [6, 6.07) is 14.8. The fraction of sp³-hybridized carbons (Fsp3) is 0.238. The Morgan fingerprint density at radius 3 is 2.52 bits per heavy atom. The van der Waals surface area contributed by atoms with Gasteiger partial charge in [-0.25, -0.2) is 4.98 Å². The minimum absolute atomic E-state index is 0.246. The molecule has 1 saturated carbocycles. The second-order valence-electron chi connectivity index (χ2n) is 7.25. The fourth-order valence-corrected chi connectivity index (χ4v) is 6.29. The normalized spacial score (nSPS) is 14.9. The van der Waals surface area contributed by atoms with E-state index < -0.39 is 20.7 Å². The van der Waals surface area contributed by atoms with Crippen LogP contribution < -0.4 is 10.6 Å². The van der Waals surface area contributed by atoms with Gasteiger partial charge in [-0.1, -0.05) is 28.9 Å². The SMILES string of the molecule is Cc1ccccc1S(=O)(=O)N=S(C)c1ccc(Nc2ncc(Br)c(NC3CC3)n2)cc1. The van der Waals surface area contributed by atoms with E-state index in [1.807, 2.05) is 30.3 Å². The van der Waals surface area contributed by atoms with Crippen molar-refractivity contribution in [1.29, 1.82) is 0 Å². The summed E-state index contributed by atoms with van der Waals surface area (Å²) in [7, 11) is -4.53.